The molecule has 2 aliphatic heterocycles. The second-order valence-electron chi connectivity index (χ2n) is 8.51. The molecular weight excluding hydrogens is 356 g/mol. The number of ether oxygens (including phenoxy) is 3. The summed E-state index contributed by atoms with van der Waals surface area (Å²) < 4.78 is 16.8. The molecule has 1 N–H and O–H groups in total. The van der Waals surface area contributed by atoms with Gasteiger partial charge in [0, 0.05) is 39.3 Å². The van der Waals surface area contributed by atoms with Gasteiger partial charge in [0.25, 0.3) is 0 Å². The number of morpholine rings is 1. The third-order valence-electron chi connectivity index (χ3n) is 6.44. The Bertz CT molecular complexity index is 623. The molecule has 0 aromatic heterocycles. The Morgan fingerprint density at radius 3 is 2.57 bits per heavy atom. The van der Waals surface area contributed by atoms with Crippen LogP contribution in [0.2, 0.25) is 0 Å². The number of aliphatic hydroxyl groups excluding tert-OH is 1. The molecule has 28 heavy (non-hydrogen) atoms. The van der Waals surface area contributed by atoms with Crippen LogP contribution in [0.4, 0.5) is 0 Å². The Kier molecular flexibility index (Phi) is 6.73. The van der Waals surface area contributed by atoms with Crippen molar-refractivity contribution >= 4 is 0 Å². The summed E-state index contributed by atoms with van der Waals surface area (Å²) in [7, 11) is 1.67. The molecule has 3 atom stereocenters. The van der Waals surface area contributed by atoms with E-state index in [1.54, 1.807) is 7.11 Å². The van der Waals surface area contributed by atoms with E-state index in [1.165, 1.54) is 24.8 Å². The summed E-state index contributed by atoms with van der Waals surface area (Å²) in [5.41, 5.74) is 1.20. The summed E-state index contributed by atoms with van der Waals surface area (Å²) in [6, 6.07) is 6.09. The molecule has 3 aliphatic rings. The van der Waals surface area contributed by atoms with Gasteiger partial charge < -0.3 is 24.2 Å². The summed E-state index contributed by atoms with van der Waals surface area (Å²) in [4.78, 5) is 4.79. The van der Waals surface area contributed by atoms with Crippen LogP contribution in [0.1, 0.15) is 24.8 Å². The number of aliphatic hydroxyl groups is 1. The monoisotopic (exact) mass is 390 g/mol. The number of rotatable bonds is 8. The first-order valence-electron chi connectivity index (χ1n) is 10.7. The van der Waals surface area contributed by atoms with Crippen molar-refractivity contribution in [3.63, 3.8) is 0 Å². The van der Waals surface area contributed by atoms with Crippen LogP contribution in [-0.4, -0.2) is 80.7 Å². The number of methoxy groups -OCH3 is 1. The van der Waals surface area contributed by atoms with Crippen LogP contribution in [0.3, 0.4) is 0 Å². The first-order valence-corrected chi connectivity index (χ1v) is 10.7. The molecule has 0 radical (unpaired) electrons. The molecule has 4 rings (SSSR count). The van der Waals surface area contributed by atoms with E-state index in [2.05, 4.69) is 15.9 Å². The number of fused-ring (bicyclic) bond motifs is 1. The molecule has 2 saturated heterocycles. The van der Waals surface area contributed by atoms with Crippen molar-refractivity contribution in [3.8, 4) is 11.5 Å². The summed E-state index contributed by atoms with van der Waals surface area (Å²) in [5.74, 6) is 3.14. The number of hydrogen-bond acceptors (Lipinski definition) is 6. The second-order valence-corrected chi connectivity index (χ2v) is 8.51. The minimum absolute atomic E-state index is 0.297. The van der Waals surface area contributed by atoms with E-state index in [0.29, 0.717) is 18.9 Å². The quantitative estimate of drug-likeness (QED) is 0.733. The highest BCUT2D eigenvalue weighted by atomic mass is 16.5. The van der Waals surface area contributed by atoms with E-state index in [1.807, 2.05) is 12.1 Å². The van der Waals surface area contributed by atoms with Crippen molar-refractivity contribution in [1.29, 1.82) is 0 Å². The molecule has 1 saturated carbocycles. The van der Waals surface area contributed by atoms with Crippen molar-refractivity contribution in [2.45, 2.75) is 31.9 Å². The molecule has 0 bridgehead atoms. The lowest BCUT2D eigenvalue weighted by Gasteiger charge is -2.26. The van der Waals surface area contributed by atoms with Gasteiger partial charge in [-0.25, -0.2) is 0 Å². The predicted molar refractivity (Wildman–Crippen MR) is 108 cm³/mol. The van der Waals surface area contributed by atoms with E-state index < -0.39 is 6.10 Å². The average molecular weight is 391 g/mol. The van der Waals surface area contributed by atoms with Crippen LogP contribution in [0.15, 0.2) is 18.2 Å². The third-order valence-corrected chi connectivity index (χ3v) is 6.44. The van der Waals surface area contributed by atoms with Crippen LogP contribution in [0.5, 0.6) is 11.5 Å². The zero-order chi connectivity index (χ0) is 19.3. The van der Waals surface area contributed by atoms with E-state index in [9.17, 15) is 5.11 Å². The second kappa shape index (κ2) is 9.44. The lowest BCUT2D eigenvalue weighted by molar-refractivity contribution is 0.0341. The normalized spacial score (nSPS) is 26.9. The zero-order valence-corrected chi connectivity index (χ0v) is 17.0. The fourth-order valence-corrected chi connectivity index (χ4v) is 4.97. The fraction of sp³-hybridized carbons (Fsp3) is 0.727. The molecule has 2 heterocycles. The van der Waals surface area contributed by atoms with Gasteiger partial charge in [-0.05, 0) is 42.4 Å². The number of likely N-dealkylation sites (tertiary alicyclic amines) is 1. The van der Waals surface area contributed by atoms with Crippen molar-refractivity contribution < 1.29 is 19.3 Å². The molecule has 0 spiro atoms. The van der Waals surface area contributed by atoms with Crippen LogP contribution < -0.4 is 9.47 Å². The van der Waals surface area contributed by atoms with Gasteiger partial charge in [-0.2, -0.15) is 0 Å². The maximum absolute atomic E-state index is 10.4. The minimum Gasteiger partial charge on any atom is -0.493 e. The highest BCUT2D eigenvalue weighted by Crippen LogP contribution is 2.37. The van der Waals surface area contributed by atoms with Crippen molar-refractivity contribution in [3.05, 3.63) is 23.8 Å². The molecule has 0 amide bonds. The van der Waals surface area contributed by atoms with Gasteiger partial charge in [0.1, 0.15) is 12.7 Å². The molecule has 1 aliphatic carbocycles. The molecule has 1 unspecified atom stereocenters. The Balaban J connectivity index is 1.26. The van der Waals surface area contributed by atoms with E-state index in [0.717, 1.165) is 63.5 Å². The third kappa shape index (κ3) is 4.98. The Labute approximate surface area is 168 Å². The molecule has 6 nitrogen and oxygen atoms in total. The average Bonchev–Trinajstić information content (AvgIpc) is 3.29. The summed E-state index contributed by atoms with van der Waals surface area (Å²) in [6.07, 6.45) is 3.64. The Morgan fingerprint density at radius 2 is 1.86 bits per heavy atom. The van der Waals surface area contributed by atoms with Crippen LogP contribution in [0, 0.1) is 11.8 Å². The zero-order valence-electron chi connectivity index (χ0n) is 17.0. The lowest BCUT2D eigenvalue weighted by Crippen LogP contribution is -2.35. The minimum atomic E-state index is -0.475. The SMILES string of the molecule is COc1cc(CN2CCOCC2)ccc1OCC(O)CN1C[C@H]2CCC[C@H]2C1. The number of nitrogens with zero attached hydrogens (tertiary/aromatic N) is 2. The lowest BCUT2D eigenvalue weighted by atomic mass is 10.0. The Morgan fingerprint density at radius 1 is 1.11 bits per heavy atom. The van der Waals surface area contributed by atoms with Crippen LogP contribution >= 0.6 is 0 Å². The van der Waals surface area contributed by atoms with Gasteiger partial charge in [0.05, 0.1) is 20.3 Å². The Hall–Kier alpha value is -1.34. The topological polar surface area (TPSA) is 54.4 Å². The fourth-order valence-electron chi connectivity index (χ4n) is 4.97. The highest BCUT2D eigenvalue weighted by molar-refractivity contribution is 5.43. The van der Waals surface area contributed by atoms with Crippen molar-refractivity contribution in [1.82, 2.24) is 9.80 Å². The first-order chi connectivity index (χ1) is 13.7. The van der Waals surface area contributed by atoms with E-state index in [4.69, 9.17) is 14.2 Å². The van der Waals surface area contributed by atoms with Gasteiger partial charge in [0.15, 0.2) is 11.5 Å². The smallest absolute Gasteiger partial charge is 0.161 e. The van der Waals surface area contributed by atoms with Gasteiger partial charge in [0.2, 0.25) is 0 Å². The van der Waals surface area contributed by atoms with Gasteiger partial charge in [-0.1, -0.05) is 12.5 Å². The van der Waals surface area contributed by atoms with Crippen LogP contribution in [-0.2, 0) is 11.3 Å². The summed E-state index contributed by atoms with van der Waals surface area (Å²) in [6.45, 7) is 7.69. The molecule has 156 valence electrons. The van der Waals surface area contributed by atoms with E-state index >= 15 is 0 Å². The summed E-state index contributed by atoms with van der Waals surface area (Å²) >= 11 is 0. The summed E-state index contributed by atoms with van der Waals surface area (Å²) in [5, 5.41) is 10.4. The maximum atomic E-state index is 10.4. The molecule has 3 fully saturated rings. The predicted octanol–water partition coefficient (Wildman–Crippen LogP) is 2.00. The first kappa shape index (κ1) is 20.0. The molecule has 1 aromatic carbocycles. The van der Waals surface area contributed by atoms with Crippen molar-refractivity contribution in [2.24, 2.45) is 11.8 Å². The largest absolute Gasteiger partial charge is 0.493 e. The van der Waals surface area contributed by atoms with Gasteiger partial charge in [-0.15, -0.1) is 0 Å². The van der Waals surface area contributed by atoms with Crippen molar-refractivity contribution in [2.75, 3.05) is 59.7 Å². The van der Waals surface area contributed by atoms with Crippen LogP contribution in [0.25, 0.3) is 0 Å². The molecule has 1 aromatic rings. The van der Waals surface area contributed by atoms with Gasteiger partial charge in [-0.3, -0.25) is 4.90 Å². The van der Waals surface area contributed by atoms with Gasteiger partial charge >= 0.3 is 0 Å². The number of β-amino-alcohol motifs (C(OH)–C–C–N with tert-alkyl or cyclic N) is 1. The number of hydrogen-bond donors (Lipinski definition) is 1. The standard InChI is InChI=1S/C22H34N2O4/c1-26-22-11-17(12-23-7-9-27-10-8-23)5-6-21(22)28-16-20(25)15-24-13-18-3-2-4-19(18)14-24/h5-6,11,18-20,25H,2-4,7-10,12-16H2,1H3/t18-,19+,20?. The molecular formula is C22H34N2O4. The number of benzene rings is 1. The molecule has 6 heteroatoms. The highest BCUT2D eigenvalue weighted by Gasteiger charge is 2.36. The maximum Gasteiger partial charge on any atom is 0.161 e. The van der Waals surface area contributed by atoms with E-state index in [-0.39, 0.29) is 0 Å².